The molecule has 1 aromatic rings. The first-order valence-electron chi connectivity index (χ1n) is 6.02. The minimum Gasteiger partial charge on any atom is -0.354 e. The zero-order valence-corrected chi connectivity index (χ0v) is 13.2. The van der Waals surface area contributed by atoms with Gasteiger partial charge < -0.3 is 14.8 Å². The third kappa shape index (κ3) is 3.32. The van der Waals surface area contributed by atoms with E-state index >= 15 is 0 Å². The number of rotatable bonds is 7. The summed E-state index contributed by atoms with van der Waals surface area (Å²) < 4.78 is 13.6. The lowest BCUT2D eigenvalue weighted by Gasteiger charge is -2.24. The molecule has 0 saturated heterocycles. The molecule has 0 amide bonds. The average Bonchev–Trinajstić information content (AvgIpc) is 2.65. The lowest BCUT2D eigenvalue weighted by molar-refractivity contribution is -0.121. The van der Waals surface area contributed by atoms with E-state index < -0.39 is 0 Å². The van der Waals surface area contributed by atoms with Crippen LogP contribution in [0.1, 0.15) is 18.3 Å². The molecular formula is C12H22BrN3O2. The molecule has 5 nitrogen and oxygen atoms in total. The minimum absolute atomic E-state index is 0.0800. The van der Waals surface area contributed by atoms with Crippen LogP contribution in [0, 0.1) is 0 Å². The third-order valence-electron chi connectivity index (χ3n) is 3.08. The van der Waals surface area contributed by atoms with Crippen molar-refractivity contribution < 1.29 is 9.47 Å². The van der Waals surface area contributed by atoms with Gasteiger partial charge in [0, 0.05) is 27.7 Å². The predicted octanol–water partition coefficient (Wildman–Crippen LogP) is 1.49. The molecule has 1 rings (SSSR count). The van der Waals surface area contributed by atoms with Crippen molar-refractivity contribution in [1.29, 1.82) is 0 Å². The van der Waals surface area contributed by atoms with Crippen molar-refractivity contribution in [3.63, 3.8) is 0 Å². The Morgan fingerprint density at radius 3 is 2.39 bits per heavy atom. The number of nitrogens with zero attached hydrogens (tertiary/aromatic N) is 2. The largest absolute Gasteiger partial charge is 0.354 e. The predicted molar refractivity (Wildman–Crippen MR) is 74.6 cm³/mol. The summed E-state index contributed by atoms with van der Waals surface area (Å²) in [6, 6.07) is 0.0800. The maximum absolute atomic E-state index is 5.31. The molecule has 104 valence electrons. The Morgan fingerprint density at radius 2 is 2.00 bits per heavy atom. The molecule has 0 bridgehead atoms. The van der Waals surface area contributed by atoms with Crippen molar-refractivity contribution >= 4 is 15.9 Å². The average molecular weight is 320 g/mol. The fraction of sp³-hybridized carbons (Fsp3) is 0.750. The molecule has 1 N–H and O–H groups in total. The van der Waals surface area contributed by atoms with Crippen LogP contribution < -0.4 is 5.32 Å². The first-order chi connectivity index (χ1) is 8.58. The van der Waals surface area contributed by atoms with Crippen LogP contribution in [0.4, 0.5) is 0 Å². The molecule has 1 unspecified atom stereocenters. The van der Waals surface area contributed by atoms with E-state index in [9.17, 15) is 0 Å². The molecule has 0 spiro atoms. The van der Waals surface area contributed by atoms with Crippen LogP contribution in [0.15, 0.2) is 4.47 Å². The van der Waals surface area contributed by atoms with Crippen molar-refractivity contribution in [2.24, 2.45) is 7.05 Å². The third-order valence-corrected chi connectivity index (χ3v) is 4.00. The van der Waals surface area contributed by atoms with E-state index in [1.54, 1.807) is 14.2 Å². The summed E-state index contributed by atoms with van der Waals surface area (Å²) in [6.07, 6.45) is 1.42. The maximum atomic E-state index is 5.31. The van der Waals surface area contributed by atoms with Gasteiger partial charge in [-0.3, -0.25) is 4.68 Å². The van der Waals surface area contributed by atoms with Gasteiger partial charge in [0.25, 0.3) is 0 Å². The second-order valence-corrected chi connectivity index (χ2v) is 4.92. The topological polar surface area (TPSA) is 48.3 Å². The molecule has 0 saturated carbocycles. The molecule has 0 aliphatic heterocycles. The Kier molecular flexibility index (Phi) is 6.28. The second-order valence-electron chi connectivity index (χ2n) is 4.12. The van der Waals surface area contributed by atoms with Gasteiger partial charge in [0.15, 0.2) is 6.29 Å². The first kappa shape index (κ1) is 15.6. The van der Waals surface area contributed by atoms with E-state index in [2.05, 4.69) is 33.3 Å². The van der Waals surface area contributed by atoms with Crippen LogP contribution >= 0.6 is 15.9 Å². The Labute approximate surface area is 117 Å². The summed E-state index contributed by atoms with van der Waals surface area (Å²) in [4.78, 5) is 0. The highest BCUT2D eigenvalue weighted by Crippen LogP contribution is 2.23. The van der Waals surface area contributed by atoms with Crippen molar-refractivity contribution in [3.05, 3.63) is 15.9 Å². The molecule has 0 aliphatic carbocycles. The molecule has 18 heavy (non-hydrogen) atoms. The summed E-state index contributed by atoms with van der Waals surface area (Å²) in [7, 11) is 7.16. The van der Waals surface area contributed by atoms with Gasteiger partial charge >= 0.3 is 0 Å². The SMILES string of the molecule is CCc1nn(C)c(CC(NC)C(OC)OC)c1Br. The van der Waals surface area contributed by atoms with Crippen molar-refractivity contribution in [2.75, 3.05) is 21.3 Å². The molecule has 0 fully saturated rings. The highest BCUT2D eigenvalue weighted by molar-refractivity contribution is 9.10. The van der Waals surface area contributed by atoms with Crippen LogP contribution in [-0.4, -0.2) is 43.4 Å². The highest BCUT2D eigenvalue weighted by Gasteiger charge is 2.23. The van der Waals surface area contributed by atoms with Crippen LogP contribution in [0.25, 0.3) is 0 Å². The van der Waals surface area contributed by atoms with Crippen LogP contribution in [0.2, 0.25) is 0 Å². The van der Waals surface area contributed by atoms with Gasteiger partial charge in [0.2, 0.25) is 0 Å². The Balaban J connectivity index is 2.91. The molecule has 1 aromatic heterocycles. The number of nitrogens with one attached hydrogen (secondary N) is 1. The fourth-order valence-electron chi connectivity index (χ4n) is 2.01. The van der Waals surface area contributed by atoms with Crippen molar-refractivity contribution in [1.82, 2.24) is 15.1 Å². The van der Waals surface area contributed by atoms with E-state index in [0.717, 1.165) is 28.7 Å². The second kappa shape index (κ2) is 7.23. The lowest BCUT2D eigenvalue weighted by atomic mass is 10.1. The van der Waals surface area contributed by atoms with Gasteiger partial charge in [0.1, 0.15) is 0 Å². The van der Waals surface area contributed by atoms with E-state index in [4.69, 9.17) is 9.47 Å². The van der Waals surface area contributed by atoms with Crippen LogP contribution in [-0.2, 0) is 29.4 Å². The number of likely N-dealkylation sites (N-methyl/N-ethyl adjacent to an activating group) is 1. The summed E-state index contributed by atoms with van der Waals surface area (Å²) in [6.45, 7) is 2.10. The Morgan fingerprint density at radius 1 is 1.39 bits per heavy atom. The monoisotopic (exact) mass is 319 g/mol. The number of hydrogen-bond donors (Lipinski definition) is 1. The first-order valence-corrected chi connectivity index (χ1v) is 6.81. The molecule has 1 atom stereocenters. The van der Waals surface area contributed by atoms with Gasteiger partial charge in [-0.15, -0.1) is 0 Å². The van der Waals surface area contributed by atoms with Gasteiger partial charge in [0.05, 0.1) is 21.9 Å². The minimum atomic E-state index is -0.276. The summed E-state index contributed by atoms with van der Waals surface area (Å²) in [5.74, 6) is 0. The van der Waals surface area contributed by atoms with Crippen LogP contribution in [0.5, 0.6) is 0 Å². The maximum Gasteiger partial charge on any atom is 0.172 e. The molecule has 1 heterocycles. The summed E-state index contributed by atoms with van der Waals surface area (Å²) >= 11 is 3.62. The quantitative estimate of drug-likeness (QED) is 0.774. The highest BCUT2D eigenvalue weighted by atomic mass is 79.9. The van der Waals surface area contributed by atoms with Gasteiger partial charge in [-0.05, 0) is 29.4 Å². The molecule has 0 radical (unpaired) electrons. The summed E-state index contributed by atoms with van der Waals surface area (Å²) in [5, 5.41) is 7.71. The van der Waals surface area contributed by atoms with E-state index in [1.165, 1.54) is 0 Å². The lowest BCUT2D eigenvalue weighted by Crippen LogP contribution is -2.42. The van der Waals surface area contributed by atoms with Gasteiger partial charge in [-0.2, -0.15) is 5.10 Å². The van der Waals surface area contributed by atoms with E-state index in [0.29, 0.717) is 0 Å². The zero-order chi connectivity index (χ0) is 13.7. The van der Waals surface area contributed by atoms with Crippen molar-refractivity contribution in [3.8, 4) is 0 Å². The number of halogens is 1. The standard InChI is InChI=1S/C12H22BrN3O2/c1-6-8-11(13)10(16(3)15-8)7-9(14-2)12(17-4)18-5/h9,12,14H,6-7H2,1-5H3. The Bertz CT molecular complexity index is 378. The van der Waals surface area contributed by atoms with Crippen molar-refractivity contribution in [2.45, 2.75) is 32.1 Å². The van der Waals surface area contributed by atoms with E-state index in [1.807, 2.05) is 18.8 Å². The number of aryl methyl sites for hydroxylation is 2. The Hall–Kier alpha value is -0.430. The fourth-order valence-corrected chi connectivity index (χ4v) is 2.79. The number of methoxy groups -OCH3 is 2. The van der Waals surface area contributed by atoms with E-state index in [-0.39, 0.29) is 12.3 Å². The molecular weight excluding hydrogens is 298 g/mol. The number of hydrogen-bond acceptors (Lipinski definition) is 4. The van der Waals surface area contributed by atoms with Gasteiger partial charge in [-0.25, -0.2) is 0 Å². The number of aromatic nitrogens is 2. The summed E-state index contributed by atoms with van der Waals surface area (Å²) in [5.41, 5.74) is 2.22. The smallest absolute Gasteiger partial charge is 0.172 e. The normalized spacial score (nSPS) is 13.3. The number of ether oxygens (including phenoxy) is 2. The van der Waals surface area contributed by atoms with Crippen LogP contribution in [0.3, 0.4) is 0 Å². The molecule has 0 aromatic carbocycles. The zero-order valence-electron chi connectivity index (χ0n) is 11.7. The molecule has 6 heteroatoms. The van der Waals surface area contributed by atoms with Gasteiger partial charge in [-0.1, -0.05) is 6.92 Å². The molecule has 0 aliphatic rings.